The summed E-state index contributed by atoms with van der Waals surface area (Å²) in [5, 5.41) is 8.87. The van der Waals surface area contributed by atoms with Gasteiger partial charge < -0.3 is 14.4 Å². The highest BCUT2D eigenvalue weighted by molar-refractivity contribution is 5.71. The summed E-state index contributed by atoms with van der Waals surface area (Å²) in [5.41, 5.74) is 0.481. The molecule has 2 saturated heterocycles. The van der Waals surface area contributed by atoms with Crippen LogP contribution in [0.4, 0.5) is 9.59 Å². The number of carbonyl (C=O) groups is 2. The molecule has 7 heteroatoms. The van der Waals surface area contributed by atoms with Crippen molar-refractivity contribution >= 4 is 12.2 Å². The molecule has 0 N–H and O–H groups in total. The summed E-state index contributed by atoms with van der Waals surface area (Å²) >= 11 is 0. The van der Waals surface area contributed by atoms with Crippen LogP contribution in [0.25, 0.3) is 0 Å². The quantitative estimate of drug-likeness (QED) is 0.797. The van der Waals surface area contributed by atoms with Crippen LogP contribution >= 0.6 is 0 Å². The SMILES string of the molecule is CC(C)(C)OC(=O)N1CCC2(CC1)CN(Cc1ccc(C#N)cc1)C(=O)O2. The number of ether oxygens (including phenoxy) is 2. The molecule has 7 nitrogen and oxygen atoms in total. The maximum atomic E-state index is 12.3. The van der Waals surface area contributed by atoms with Gasteiger partial charge in [-0.05, 0) is 38.5 Å². The molecule has 144 valence electrons. The lowest BCUT2D eigenvalue weighted by Gasteiger charge is -2.37. The monoisotopic (exact) mass is 371 g/mol. The smallest absolute Gasteiger partial charge is 0.410 e. The second kappa shape index (κ2) is 7.10. The van der Waals surface area contributed by atoms with Crippen LogP contribution in [0.5, 0.6) is 0 Å². The molecule has 2 fully saturated rings. The minimum Gasteiger partial charge on any atom is -0.444 e. The minimum atomic E-state index is -0.539. The molecule has 0 radical (unpaired) electrons. The Balaban J connectivity index is 1.57. The number of nitrogens with zero attached hydrogens (tertiary/aromatic N) is 3. The predicted octanol–water partition coefficient (Wildman–Crippen LogP) is 3.28. The summed E-state index contributed by atoms with van der Waals surface area (Å²) in [7, 11) is 0. The van der Waals surface area contributed by atoms with Crippen LogP contribution in [0.3, 0.4) is 0 Å². The first-order chi connectivity index (χ1) is 12.7. The lowest BCUT2D eigenvalue weighted by Crippen LogP contribution is -2.49. The average Bonchev–Trinajstić information content (AvgIpc) is 2.89. The van der Waals surface area contributed by atoms with Crippen molar-refractivity contribution < 1.29 is 19.1 Å². The Labute approximate surface area is 159 Å². The zero-order chi connectivity index (χ0) is 19.7. The van der Waals surface area contributed by atoms with Gasteiger partial charge in [-0.3, -0.25) is 4.90 Å². The maximum absolute atomic E-state index is 12.3. The number of amides is 2. The van der Waals surface area contributed by atoms with Crippen molar-refractivity contribution in [2.75, 3.05) is 19.6 Å². The Morgan fingerprint density at radius 2 is 1.89 bits per heavy atom. The van der Waals surface area contributed by atoms with Gasteiger partial charge in [-0.1, -0.05) is 12.1 Å². The van der Waals surface area contributed by atoms with E-state index in [-0.39, 0.29) is 12.2 Å². The third-order valence-electron chi connectivity index (χ3n) is 4.82. The van der Waals surface area contributed by atoms with E-state index < -0.39 is 11.2 Å². The first kappa shape index (κ1) is 19.0. The first-order valence-electron chi connectivity index (χ1n) is 9.15. The highest BCUT2D eigenvalue weighted by Crippen LogP contribution is 2.34. The number of hydrogen-bond donors (Lipinski definition) is 0. The topological polar surface area (TPSA) is 82.9 Å². The third kappa shape index (κ3) is 4.51. The van der Waals surface area contributed by atoms with Crippen molar-refractivity contribution in [2.45, 2.75) is 51.4 Å². The lowest BCUT2D eigenvalue weighted by atomic mass is 9.91. The van der Waals surface area contributed by atoms with Gasteiger partial charge in [-0.25, -0.2) is 9.59 Å². The van der Waals surface area contributed by atoms with Crippen molar-refractivity contribution in [3.05, 3.63) is 35.4 Å². The fourth-order valence-corrected chi connectivity index (χ4v) is 3.40. The van der Waals surface area contributed by atoms with E-state index in [1.54, 1.807) is 21.9 Å². The van der Waals surface area contributed by atoms with E-state index in [4.69, 9.17) is 14.7 Å². The first-order valence-corrected chi connectivity index (χ1v) is 9.15. The number of hydrogen-bond acceptors (Lipinski definition) is 5. The molecule has 1 aromatic rings. The number of rotatable bonds is 2. The molecule has 3 rings (SSSR count). The standard InChI is InChI=1S/C20H25N3O4/c1-19(2,3)26-17(24)22-10-8-20(9-11-22)14-23(18(25)27-20)13-16-6-4-15(12-21)5-7-16/h4-7H,8-11,13-14H2,1-3H3. The van der Waals surface area contributed by atoms with Gasteiger partial charge in [-0.2, -0.15) is 5.26 Å². The van der Waals surface area contributed by atoms with Crippen molar-refractivity contribution in [1.29, 1.82) is 5.26 Å². The van der Waals surface area contributed by atoms with Crippen molar-refractivity contribution in [2.24, 2.45) is 0 Å². The molecule has 2 amide bonds. The molecule has 2 aliphatic rings. The average molecular weight is 371 g/mol. The van der Waals surface area contributed by atoms with Gasteiger partial charge in [0.15, 0.2) is 0 Å². The number of piperidine rings is 1. The van der Waals surface area contributed by atoms with Crippen molar-refractivity contribution in [3.8, 4) is 6.07 Å². The van der Waals surface area contributed by atoms with Crippen LogP contribution in [0, 0.1) is 11.3 Å². The third-order valence-corrected chi connectivity index (χ3v) is 4.82. The van der Waals surface area contributed by atoms with Gasteiger partial charge in [0.05, 0.1) is 18.2 Å². The molecule has 0 unspecified atom stereocenters. The zero-order valence-corrected chi connectivity index (χ0v) is 16.0. The van der Waals surface area contributed by atoms with Gasteiger partial charge in [0.2, 0.25) is 0 Å². The number of likely N-dealkylation sites (tertiary alicyclic amines) is 1. The van der Waals surface area contributed by atoms with E-state index >= 15 is 0 Å². The molecule has 0 bridgehead atoms. The molecule has 0 atom stereocenters. The predicted molar refractivity (Wildman–Crippen MR) is 97.8 cm³/mol. The summed E-state index contributed by atoms with van der Waals surface area (Å²) in [6.07, 6.45) is 0.546. The minimum absolute atomic E-state index is 0.323. The number of carbonyl (C=O) groups excluding carboxylic acids is 2. The van der Waals surface area contributed by atoms with E-state index in [2.05, 4.69) is 6.07 Å². The second-order valence-corrected chi connectivity index (χ2v) is 8.18. The summed E-state index contributed by atoms with van der Waals surface area (Å²) < 4.78 is 11.1. The highest BCUT2D eigenvalue weighted by Gasteiger charge is 2.47. The highest BCUT2D eigenvalue weighted by atomic mass is 16.6. The van der Waals surface area contributed by atoms with Crippen LogP contribution < -0.4 is 0 Å². The van der Waals surface area contributed by atoms with Crippen LogP contribution in [0.1, 0.15) is 44.7 Å². The number of nitriles is 1. The summed E-state index contributed by atoms with van der Waals surface area (Å²) in [4.78, 5) is 27.9. The van der Waals surface area contributed by atoms with E-state index in [1.807, 2.05) is 32.9 Å². The molecule has 1 spiro atoms. The Bertz CT molecular complexity index is 753. The Morgan fingerprint density at radius 1 is 1.26 bits per heavy atom. The Morgan fingerprint density at radius 3 is 2.44 bits per heavy atom. The van der Waals surface area contributed by atoms with Crippen LogP contribution in [0.15, 0.2) is 24.3 Å². The summed E-state index contributed by atoms with van der Waals surface area (Å²) in [5.74, 6) is 0. The summed E-state index contributed by atoms with van der Waals surface area (Å²) in [6, 6.07) is 9.26. The van der Waals surface area contributed by atoms with Crippen molar-refractivity contribution in [3.63, 3.8) is 0 Å². The number of benzene rings is 1. The van der Waals surface area contributed by atoms with Gasteiger partial charge in [0.25, 0.3) is 0 Å². The Kier molecular flexibility index (Phi) is 5.01. The Hall–Kier alpha value is -2.75. The molecular weight excluding hydrogens is 346 g/mol. The van der Waals surface area contributed by atoms with Crippen molar-refractivity contribution in [1.82, 2.24) is 9.80 Å². The van der Waals surface area contributed by atoms with Gasteiger partial charge in [0.1, 0.15) is 11.2 Å². The second-order valence-electron chi connectivity index (χ2n) is 8.18. The molecule has 0 saturated carbocycles. The lowest BCUT2D eigenvalue weighted by molar-refractivity contribution is -0.0170. The normalized spacial score (nSPS) is 19.0. The fraction of sp³-hybridized carbons (Fsp3) is 0.550. The van der Waals surface area contributed by atoms with Gasteiger partial charge in [0, 0.05) is 32.5 Å². The summed E-state index contributed by atoms with van der Waals surface area (Å²) in [6.45, 7) is 7.50. The zero-order valence-electron chi connectivity index (χ0n) is 16.0. The molecule has 0 aromatic heterocycles. The van der Waals surface area contributed by atoms with E-state index in [1.165, 1.54) is 0 Å². The van der Waals surface area contributed by atoms with Crippen LogP contribution in [-0.4, -0.2) is 52.8 Å². The molecule has 27 heavy (non-hydrogen) atoms. The molecule has 2 aliphatic heterocycles. The fourth-order valence-electron chi connectivity index (χ4n) is 3.40. The molecular formula is C20H25N3O4. The molecule has 0 aliphatic carbocycles. The van der Waals surface area contributed by atoms with E-state index in [0.717, 1.165) is 5.56 Å². The molecule has 2 heterocycles. The largest absolute Gasteiger partial charge is 0.444 e. The van der Waals surface area contributed by atoms with Gasteiger partial charge >= 0.3 is 12.2 Å². The molecule has 1 aromatic carbocycles. The van der Waals surface area contributed by atoms with Gasteiger partial charge in [-0.15, -0.1) is 0 Å². The van der Waals surface area contributed by atoms with E-state index in [9.17, 15) is 9.59 Å². The van der Waals surface area contributed by atoms with Crippen LogP contribution in [-0.2, 0) is 16.0 Å². The maximum Gasteiger partial charge on any atom is 0.410 e. The van der Waals surface area contributed by atoms with Crippen LogP contribution in [0.2, 0.25) is 0 Å². The van der Waals surface area contributed by atoms with E-state index in [0.29, 0.717) is 44.6 Å².